The SMILES string of the molecule is Cc1nccnc1-c1nn(-c2ncccn2)cc1C=O. The van der Waals surface area contributed by atoms with Crippen LogP contribution in [-0.2, 0) is 0 Å². The average molecular weight is 266 g/mol. The van der Waals surface area contributed by atoms with Crippen molar-refractivity contribution in [1.29, 1.82) is 0 Å². The van der Waals surface area contributed by atoms with Gasteiger partial charge in [-0.3, -0.25) is 14.8 Å². The van der Waals surface area contributed by atoms with Gasteiger partial charge in [-0.15, -0.1) is 0 Å². The molecular weight excluding hydrogens is 256 g/mol. The predicted molar refractivity (Wildman–Crippen MR) is 70.3 cm³/mol. The van der Waals surface area contributed by atoms with Crippen molar-refractivity contribution in [3.63, 3.8) is 0 Å². The van der Waals surface area contributed by atoms with Crippen LogP contribution in [0.3, 0.4) is 0 Å². The second-order valence-corrected chi connectivity index (χ2v) is 4.03. The zero-order valence-corrected chi connectivity index (χ0v) is 10.6. The van der Waals surface area contributed by atoms with Gasteiger partial charge in [0.05, 0.1) is 11.3 Å². The highest BCUT2D eigenvalue weighted by molar-refractivity contribution is 5.85. The van der Waals surface area contributed by atoms with Gasteiger partial charge in [-0.2, -0.15) is 5.10 Å². The van der Waals surface area contributed by atoms with E-state index in [1.807, 2.05) is 6.92 Å². The molecule has 7 nitrogen and oxygen atoms in total. The summed E-state index contributed by atoms with van der Waals surface area (Å²) in [4.78, 5) is 27.8. The molecule has 0 amide bonds. The molecule has 0 aliphatic rings. The standard InChI is InChI=1S/C13H10N6O/c1-9-11(15-6-5-14-9)12-10(8-20)7-19(18-12)13-16-3-2-4-17-13/h2-8H,1H3. The molecule has 0 N–H and O–H groups in total. The van der Waals surface area contributed by atoms with E-state index in [-0.39, 0.29) is 0 Å². The van der Waals surface area contributed by atoms with Gasteiger partial charge < -0.3 is 0 Å². The van der Waals surface area contributed by atoms with Gasteiger partial charge in [0.2, 0.25) is 5.95 Å². The first kappa shape index (κ1) is 12.1. The fourth-order valence-corrected chi connectivity index (χ4v) is 1.81. The first-order chi connectivity index (χ1) is 9.79. The van der Waals surface area contributed by atoms with Gasteiger partial charge in [-0.05, 0) is 13.0 Å². The highest BCUT2D eigenvalue weighted by Gasteiger charge is 2.15. The largest absolute Gasteiger partial charge is 0.298 e. The maximum Gasteiger partial charge on any atom is 0.250 e. The van der Waals surface area contributed by atoms with E-state index in [4.69, 9.17) is 0 Å². The molecule has 98 valence electrons. The lowest BCUT2D eigenvalue weighted by Gasteiger charge is -2.00. The number of hydrogen-bond acceptors (Lipinski definition) is 6. The minimum Gasteiger partial charge on any atom is -0.298 e. The molecule has 7 heteroatoms. The highest BCUT2D eigenvalue weighted by Crippen LogP contribution is 2.21. The molecule has 0 fully saturated rings. The average Bonchev–Trinajstić information content (AvgIpc) is 2.93. The van der Waals surface area contributed by atoms with E-state index < -0.39 is 0 Å². The van der Waals surface area contributed by atoms with E-state index in [0.29, 0.717) is 28.6 Å². The van der Waals surface area contributed by atoms with Crippen LogP contribution in [0.5, 0.6) is 0 Å². The van der Waals surface area contributed by atoms with Crippen molar-refractivity contribution in [3.05, 3.63) is 48.3 Å². The van der Waals surface area contributed by atoms with Gasteiger partial charge in [0.25, 0.3) is 0 Å². The maximum absolute atomic E-state index is 11.2. The van der Waals surface area contributed by atoms with E-state index in [9.17, 15) is 4.79 Å². The predicted octanol–water partition coefficient (Wildman–Crippen LogP) is 1.24. The third-order valence-electron chi connectivity index (χ3n) is 2.73. The third kappa shape index (κ3) is 2.05. The van der Waals surface area contributed by atoms with Gasteiger partial charge in [-0.1, -0.05) is 0 Å². The summed E-state index contributed by atoms with van der Waals surface area (Å²) in [5.41, 5.74) is 2.17. The van der Waals surface area contributed by atoms with E-state index in [2.05, 4.69) is 25.0 Å². The number of carbonyl (C=O) groups excluding carboxylic acids is 1. The number of aromatic nitrogens is 6. The van der Waals surface area contributed by atoms with Crippen molar-refractivity contribution in [3.8, 4) is 17.3 Å². The smallest absolute Gasteiger partial charge is 0.250 e. The Morgan fingerprint density at radius 2 is 1.75 bits per heavy atom. The van der Waals surface area contributed by atoms with E-state index >= 15 is 0 Å². The monoisotopic (exact) mass is 266 g/mol. The first-order valence-corrected chi connectivity index (χ1v) is 5.90. The van der Waals surface area contributed by atoms with Gasteiger partial charge in [-0.25, -0.2) is 14.6 Å². The van der Waals surface area contributed by atoms with E-state index in [1.54, 1.807) is 37.1 Å². The molecular formula is C13H10N6O. The minimum atomic E-state index is 0.392. The molecule has 0 aliphatic carbocycles. The lowest BCUT2D eigenvalue weighted by atomic mass is 10.2. The fraction of sp³-hybridized carbons (Fsp3) is 0.0769. The normalized spacial score (nSPS) is 10.4. The van der Waals surface area contributed by atoms with Crippen molar-refractivity contribution >= 4 is 6.29 Å². The highest BCUT2D eigenvalue weighted by atomic mass is 16.1. The molecule has 0 atom stereocenters. The van der Waals surface area contributed by atoms with Crippen LogP contribution in [0.2, 0.25) is 0 Å². The number of nitrogens with zero attached hydrogens (tertiary/aromatic N) is 6. The van der Waals surface area contributed by atoms with Gasteiger partial charge >= 0.3 is 0 Å². The van der Waals surface area contributed by atoms with Crippen molar-refractivity contribution < 1.29 is 4.79 Å². The molecule has 0 saturated carbocycles. The Kier molecular flexibility index (Phi) is 3.00. The summed E-state index contributed by atoms with van der Waals surface area (Å²) in [6.45, 7) is 1.81. The summed E-state index contributed by atoms with van der Waals surface area (Å²) < 4.78 is 1.45. The molecule has 0 aromatic carbocycles. The Hall–Kier alpha value is -2.96. The Bertz CT molecular complexity index is 753. The zero-order chi connectivity index (χ0) is 13.9. The lowest BCUT2D eigenvalue weighted by Crippen LogP contribution is -2.01. The summed E-state index contributed by atoms with van der Waals surface area (Å²) in [5, 5.41) is 4.34. The summed E-state index contributed by atoms with van der Waals surface area (Å²) in [5.74, 6) is 0.392. The molecule has 0 radical (unpaired) electrons. The van der Waals surface area contributed by atoms with Crippen LogP contribution in [0.4, 0.5) is 0 Å². The first-order valence-electron chi connectivity index (χ1n) is 5.90. The van der Waals surface area contributed by atoms with Crippen molar-refractivity contribution in [2.45, 2.75) is 6.92 Å². The third-order valence-corrected chi connectivity index (χ3v) is 2.73. The van der Waals surface area contributed by atoms with Gasteiger partial charge in [0.15, 0.2) is 6.29 Å². The second-order valence-electron chi connectivity index (χ2n) is 4.03. The Morgan fingerprint density at radius 1 is 1.00 bits per heavy atom. The molecule has 3 aromatic rings. The van der Waals surface area contributed by atoms with Crippen LogP contribution in [0.1, 0.15) is 16.1 Å². The quantitative estimate of drug-likeness (QED) is 0.663. The zero-order valence-electron chi connectivity index (χ0n) is 10.6. The molecule has 3 rings (SSSR count). The summed E-state index contributed by atoms with van der Waals surface area (Å²) in [6, 6.07) is 1.71. The molecule has 3 aromatic heterocycles. The van der Waals surface area contributed by atoms with Crippen molar-refractivity contribution in [1.82, 2.24) is 29.7 Å². The molecule has 0 aliphatic heterocycles. The van der Waals surface area contributed by atoms with Crippen LogP contribution in [0, 0.1) is 6.92 Å². The van der Waals surface area contributed by atoms with Crippen molar-refractivity contribution in [2.75, 3.05) is 0 Å². The molecule has 0 spiro atoms. The molecule has 0 saturated heterocycles. The van der Waals surface area contributed by atoms with Crippen LogP contribution in [0.25, 0.3) is 17.3 Å². The van der Waals surface area contributed by atoms with Crippen LogP contribution >= 0.6 is 0 Å². The second kappa shape index (κ2) is 4.96. The summed E-state index contributed by atoms with van der Waals surface area (Å²) >= 11 is 0. The summed E-state index contributed by atoms with van der Waals surface area (Å²) in [7, 11) is 0. The van der Waals surface area contributed by atoms with Gasteiger partial charge in [0, 0.05) is 31.0 Å². The molecule has 0 bridgehead atoms. The maximum atomic E-state index is 11.2. The Labute approximate surface area is 114 Å². The van der Waals surface area contributed by atoms with Crippen LogP contribution in [-0.4, -0.2) is 36.0 Å². The van der Waals surface area contributed by atoms with E-state index in [0.717, 1.165) is 6.29 Å². The number of rotatable bonds is 3. The Morgan fingerprint density at radius 3 is 2.45 bits per heavy atom. The number of aryl methyl sites for hydroxylation is 1. The fourth-order valence-electron chi connectivity index (χ4n) is 1.81. The van der Waals surface area contributed by atoms with Crippen LogP contribution < -0.4 is 0 Å². The van der Waals surface area contributed by atoms with Crippen LogP contribution in [0.15, 0.2) is 37.1 Å². The molecule has 0 unspecified atom stereocenters. The van der Waals surface area contributed by atoms with E-state index in [1.165, 1.54) is 4.68 Å². The topological polar surface area (TPSA) is 86.4 Å². The lowest BCUT2D eigenvalue weighted by molar-refractivity contribution is 0.112. The number of aldehydes is 1. The molecule has 3 heterocycles. The summed E-state index contributed by atoms with van der Waals surface area (Å²) in [6.07, 6.45) is 8.68. The Balaban J connectivity index is 2.16. The number of carbonyl (C=O) groups is 1. The van der Waals surface area contributed by atoms with Crippen molar-refractivity contribution in [2.24, 2.45) is 0 Å². The van der Waals surface area contributed by atoms with Gasteiger partial charge in [0.1, 0.15) is 11.4 Å². The minimum absolute atomic E-state index is 0.392. The molecule has 20 heavy (non-hydrogen) atoms. The number of hydrogen-bond donors (Lipinski definition) is 0.